The van der Waals surface area contributed by atoms with Crippen LogP contribution in [-0.4, -0.2) is 16.9 Å². The minimum absolute atomic E-state index is 0.200. The summed E-state index contributed by atoms with van der Waals surface area (Å²) >= 11 is 0. The molecular weight excluding hydrogens is 242 g/mol. The number of aliphatic hydroxyl groups is 1. The molecule has 0 bridgehead atoms. The van der Waals surface area contributed by atoms with Crippen molar-refractivity contribution in [3.8, 4) is 0 Å². The molecule has 4 heteroatoms. The van der Waals surface area contributed by atoms with Crippen molar-refractivity contribution in [1.29, 1.82) is 0 Å². The lowest BCUT2D eigenvalue weighted by atomic mass is 9.81. The van der Waals surface area contributed by atoms with E-state index in [-0.39, 0.29) is 17.2 Å². The Labute approximate surface area is 113 Å². The van der Waals surface area contributed by atoms with Crippen molar-refractivity contribution in [3.63, 3.8) is 0 Å². The van der Waals surface area contributed by atoms with E-state index in [0.717, 1.165) is 0 Å². The van der Waals surface area contributed by atoms with Crippen LogP contribution in [0.5, 0.6) is 0 Å². The van der Waals surface area contributed by atoms with Gasteiger partial charge in [-0.2, -0.15) is 0 Å². The summed E-state index contributed by atoms with van der Waals surface area (Å²) in [4.78, 5) is 25.7. The fourth-order valence-electron chi connectivity index (χ4n) is 2.49. The maximum Gasteiger partial charge on any atom is 0.234 e. The SMILES string of the molecule is CC(O)c1ccccc1N1C(=O)CC(C)(C)CC1=O. The molecule has 1 fully saturated rings. The maximum atomic E-state index is 12.2. The number of hydrogen-bond acceptors (Lipinski definition) is 3. The van der Waals surface area contributed by atoms with Crippen LogP contribution in [0.1, 0.15) is 45.3 Å². The molecule has 1 saturated heterocycles. The smallest absolute Gasteiger partial charge is 0.234 e. The predicted octanol–water partition coefficient (Wildman–Crippen LogP) is 2.42. The van der Waals surface area contributed by atoms with Gasteiger partial charge in [-0.1, -0.05) is 32.0 Å². The van der Waals surface area contributed by atoms with Gasteiger partial charge in [0, 0.05) is 18.4 Å². The molecule has 2 amide bonds. The average Bonchev–Trinajstić information content (AvgIpc) is 2.26. The molecule has 0 saturated carbocycles. The average molecular weight is 261 g/mol. The first kappa shape index (κ1) is 13.7. The molecule has 102 valence electrons. The lowest BCUT2D eigenvalue weighted by molar-refractivity contribution is -0.132. The third-order valence-electron chi connectivity index (χ3n) is 3.39. The van der Waals surface area contributed by atoms with Gasteiger partial charge in [0.25, 0.3) is 0 Å². The number of para-hydroxylation sites is 1. The van der Waals surface area contributed by atoms with Crippen molar-refractivity contribution in [2.45, 2.75) is 39.7 Å². The van der Waals surface area contributed by atoms with Gasteiger partial charge in [0.05, 0.1) is 11.8 Å². The second-order valence-electron chi connectivity index (χ2n) is 5.88. The van der Waals surface area contributed by atoms with Gasteiger partial charge in [0.2, 0.25) is 11.8 Å². The van der Waals surface area contributed by atoms with E-state index >= 15 is 0 Å². The van der Waals surface area contributed by atoms with Crippen LogP contribution >= 0.6 is 0 Å². The highest BCUT2D eigenvalue weighted by Gasteiger charge is 2.39. The van der Waals surface area contributed by atoms with Crippen LogP contribution < -0.4 is 4.90 Å². The Hall–Kier alpha value is -1.68. The lowest BCUT2D eigenvalue weighted by Crippen LogP contribution is -2.46. The van der Waals surface area contributed by atoms with Gasteiger partial charge in [0.15, 0.2) is 0 Å². The lowest BCUT2D eigenvalue weighted by Gasteiger charge is -2.35. The van der Waals surface area contributed by atoms with E-state index in [0.29, 0.717) is 24.1 Å². The number of amides is 2. The predicted molar refractivity (Wildman–Crippen MR) is 72.6 cm³/mol. The molecule has 1 atom stereocenters. The monoisotopic (exact) mass is 261 g/mol. The standard InChI is InChI=1S/C15H19NO3/c1-10(17)11-6-4-5-7-12(11)16-13(18)8-15(2,3)9-14(16)19/h4-7,10,17H,8-9H2,1-3H3. The topological polar surface area (TPSA) is 57.6 Å². The summed E-state index contributed by atoms with van der Waals surface area (Å²) in [5.74, 6) is -0.399. The van der Waals surface area contributed by atoms with E-state index in [1.165, 1.54) is 4.90 Å². The first-order valence-corrected chi connectivity index (χ1v) is 6.44. The fourth-order valence-corrected chi connectivity index (χ4v) is 2.49. The van der Waals surface area contributed by atoms with Crippen molar-refractivity contribution in [2.24, 2.45) is 5.41 Å². The van der Waals surface area contributed by atoms with Crippen LogP contribution in [0.15, 0.2) is 24.3 Å². The van der Waals surface area contributed by atoms with E-state index in [4.69, 9.17) is 0 Å². The van der Waals surface area contributed by atoms with Crippen molar-refractivity contribution in [1.82, 2.24) is 0 Å². The molecule has 1 N–H and O–H groups in total. The number of rotatable bonds is 2. The summed E-state index contributed by atoms with van der Waals surface area (Å²) in [6, 6.07) is 6.99. The maximum absolute atomic E-state index is 12.2. The number of carbonyl (C=O) groups is 2. The number of aliphatic hydroxyl groups excluding tert-OH is 1. The van der Waals surface area contributed by atoms with E-state index in [2.05, 4.69) is 0 Å². The number of imide groups is 1. The molecule has 0 radical (unpaired) electrons. The Balaban J connectivity index is 2.42. The second kappa shape index (κ2) is 4.78. The van der Waals surface area contributed by atoms with Gasteiger partial charge in [-0.05, 0) is 18.4 Å². The highest BCUT2D eigenvalue weighted by Crippen LogP contribution is 2.36. The Morgan fingerprint density at radius 1 is 1.16 bits per heavy atom. The van der Waals surface area contributed by atoms with Gasteiger partial charge in [-0.3, -0.25) is 14.5 Å². The number of anilines is 1. The second-order valence-corrected chi connectivity index (χ2v) is 5.88. The molecule has 1 aliphatic rings. The number of hydrogen-bond donors (Lipinski definition) is 1. The Kier molecular flexibility index (Phi) is 3.45. The Morgan fingerprint density at radius 3 is 2.21 bits per heavy atom. The highest BCUT2D eigenvalue weighted by molar-refractivity contribution is 6.17. The molecule has 1 heterocycles. The van der Waals surface area contributed by atoms with E-state index in [1.807, 2.05) is 13.8 Å². The minimum Gasteiger partial charge on any atom is -0.389 e. The summed E-state index contributed by atoms with van der Waals surface area (Å²) in [7, 11) is 0. The zero-order valence-electron chi connectivity index (χ0n) is 11.5. The van der Waals surface area contributed by atoms with Crippen molar-refractivity contribution < 1.29 is 14.7 Å². The molecule has 1 unspecified atom stereocenters. The van der Waals surface area contributed by atoms with Gasteiger partial charge >= 0.3 is 0 Å². The number of carbonyl (C=O) groups excluding carboxylic acids is 2. The van der Waals surface area contributed by atoms with Crippen molar-refractivity contribution in [3.05, 3.63) is 29.8 Å². The first-order valence-electron chi connectivity index (χ1n) is 6.44. The first-order chi connectivity index (χ1) is 8.82. The Morgan fingerprint density at radius 2 is 1.68 bits per heavy atom. The summed E-state index contributed by atoms with van der Waals surface area (Å²) in [5, 5.41) is 9.76. The normalized spacial score (nSPS) is 20.5. The van der Waals surface area contributed by atoms with E-state index in [9.17, 15) is 14.7 Å². The third-order valence-corrected chi connectivity index (χ3v) is 3.39. The molecule has 2 rings (SSSR count). The molecule has 1 aliphatic heterocycles. The molecule has 4 nitrogen and oxygen atoms in total. The van der Waals surface area contributed by atoms with Gasteiger partial charge in [0.1, 0.15) is 0 Å². The summed E-state index contributed by atoms with van der Waals surface area (Å²) in [5.41, 5.74) is 0.816. The van der Waals surface area contributed by atoms with Gasteiger partial charge in [-0.15, -0.1) is 0 Å². The van der Waals surface area contributed by atoms with Crippen LogP contribution in [0.4, 0.5) is 5.69 Å². The number of benzene rings is 1. The number of nitrogens with zero attached hydrogens (tertiary/aromatic N) is 1. The molecule has 19 heavy (non-hydrogen) atoms. The van der Waals surface area contributed by atoms with Crippen LogP contribution in [0.2, 0.25) is 0 Å². The van der Waals surface area contributed by atoms with Gasteiger partial charge in [-0.25, -0.2) is 0 Å². The molecular formula is C15H19NO3. The highest BCUT2D eigenvalue weighted by atomic mass is 16.3. The molecule has 0 spiro atoms. The Bertz CT molecular complexity index is 500. The molecule has 1 aromatic carbocycles. The summed E-state index contributed by atoms with van der Waals surface area (Å²) < 4.78 is 0. The minimum atomic E-state index is -0.716. The van der Waals surface area contributed by atoms with E-state index in [1.54, 1.807) is 31.2 Å². The number of piperidine rings is 1. The zero-order valence-corrected chi connectivity index (χ0v) is 11.5. The fraction of sp³-hybridized carbons (Fsp3) is 0.467. The summed E-state index contributed by atoms with van der Waals surface area (Å²) in [6.07, 6.45) is -0.0357. The van der Waals surface area contributed by atoms with Crippen LogP contribution in [0, 0.1) is 5.41 Å². The zero-order chi connectivity index (χ0) is 14.2. The largest absolute Gasteiger partial charge is 0.389 e. The quantitative estimate of drug-likeness (QED) is 0.832. The summed E-state index contributed by atoms with van der Waals surface area (Å²) in [6.45, 7) is 5.46. The molecule has 1 aromatic rings. The van der Waals surface area contributed by atoms with Gasteiger partial charge < -0.3 is 5.11 Å². The molecule has 0 aromatic heterocycles. The van der Waals surface area contributed by atoms with Crippen LogP contribution in [0.25, 0.3) is 0 Å². The van der Waals surface area contributed by atoms with Crippen molar-refractivity contribution >= 4 is 17.5 Å². The molecule has 0 aliphatic carbocycles. The third kappa shape index (κ3) is 2.68. The van der Waals surface area contributed by atoms with Crippen molar-refractivity contribution in [2.75, 3.05) is 4.90 Å². The van der Waals surface area contributed by atoms with Crippen LogP contribution in [0.3, 0.4) is 0 Å². The van der Waals surface area contributed by atoms with Crippen LogP contribution in [-0.2, 0) is 9.59 Å². The van der Waals surface area contributed by atoms with E-state index < -0.39 is 6.10 Å².